The van der Waals surface area contributed by atoms with Gasteiger partial charge in [-0.2, -0.15) is 5.10 Å². The first kappa shape index (κ1) is 28.9. The van der Waals surface area contributed by atoms with Crippen molar-refractivity contribution in [3.05, 3.63) is 78.6 Å². The molecule has 1 aliphatic heterocycles. The zero-order chi connectivity index (χ0) is 31.1. The fraction of sp³-hybridized carbons (Fsp3) is 0.273. The molecule has 1 saturated heterocycles. The van der Waals surface area contributed by atoms with Crippen LogP contribution in [0.1, 0.15) is 12.0 Å². The van der Waals surface area contributed by atoms with Gasteiger partial charge in [-0.05, 0) is 67.2 Å². The van der Waals surface area contributed by atoms with Crippen LogP contribution in [0.25, 0.3) is 55.7 Å². The third-order valence-corrected chi connectivity index (χ3v) is 7.97. The second-order valence-electron chi connectivity index (χ2n) is 11.7. The number of ether oxygens (including phenoxy) is 1. The number of alkyl halides is 2. The number of rotatable bonds is 9. The predicted molar refractivity (Wildman–Crippen MR) is 166 cm³/mol. The second-order valence-corrected chi connectivity index (χ2v) is 11.7. The molecule has 6 heterocycles. The minimum atomic E-state index is -2.64. The fourth-order valence-corrected chi connectivity index (χ4v) is 5.75. The molecule has 0 amide bonds. The Hall–Kier alpha value is -4.81. The number of benzene rings is 1. The van der Waals surface area contributed by atoms with E-state index >= 15 is 0 Å². The monoisotopic (exact) mass is 612 g/mol. The molecule has 0 saturated carbocycles. The topological polar surface area (TPSA) is 98.8 Å². The summed E-state index contributed by atoms with van der Waals surface area (Å²) in [6.45, 7) is 1.66. The van der Waals surface area contributed by atoms with Gasteiger partial charge in [0.05, 0.1) is 29.6 Å². The van der Waals surface area contributed by atoms with E-state index in [0.29, 0.717) is 54.6 Å². The number of nitrogens with zero attached hydrogens (tertiary/aromatic N) is 6. The van der Waals surface area contributed by atoms with Gasteiger partial charge in [0.1, 0.15) is 29.5 Å². The van der Waals surface area contributed by atoms with E-state index in [2.05, 4.69) is 30.1 Å². The summed E-state index contributed by atoms with van der Waals surface area (Å²) in [4.78, 5) is 20.6. The normalized spacial score (nSPS) is 15.1. The lowest BCUT2D eigenvalue weighted by molar-refractivity contribution is 0.0115. The summed E-state index contributed by atoms with van der Waals surface area (Å²) in [5.41, 5.74) is 6.58. The molecule has 9 nitrogen and oxygen atoms in total. The Morgan fingerprint density at radius 3 is 2.71 bits per heavy atom. The maximum absolute atomic E-state index is 14.7. The van der Waals surface area contributed by atoms with Crippen molar-refractivity contribution in [2.75, 3.05) is 40.3 Å². The fourth-order valence-electron chi connectivity index (χ4n) is 5.75. The van der Waals surface area contributed by atoms with E-state index in [9.17, 15) is 13.2 Å². The molecular weight excluding hydrogens is 581 g/mol. The van der Waals surface area contributed by atoms with Gasteiger partial charge in [0.25, 0.3) is 5.92 Å². The maximum atomic E-state index is 14.7. The van der Waals surface area contributed by atoms with Crippen LogP contribution in [-0.2, 0) is 6.54 Å². The molecular formula is C33H31F3N8O. The molecule has 12 heteroatoms. The van der Waals surface area contributed by atoms with Crippen LogP contribution < -0.4 is 4.74 Å². The van der Waals surface area contributed by atoms with Crippen molar-refractivity contribution in [1.82, 2.24) is 39.9 Å². The zero-order valence-corrected chi connectivity index (χ0v) is 24.8. The smallest absolute Gasteiger partial charge is 0.261 e. The highest BCUT2D eigenvalue weighted by atomic mass is 19.3. The van der Waals surface area contributed by atoms with Crippen molar-refractivity contribution >= 4 is 21.9 Å². The summed E-state index contributed by atoms with van der Waals surface area (Å²) >= 11 is 0. The van der Waals surface area contributed by atoms with Gasteiger partial charge in [0, 0.05) is 67.0 Å². The minimum Gasteiger partial charge on any atom is -0.492 e. The van der Waals surface area contributed by atoms with Gasteiger partial charge < -0.3 is 14.6 Å². The van der Waals surface area contributed by atoms with E-state index in [4.69, 9.17) is 4.74 Å². The molecule has 0 radical (unpaired) electrons. The van der Waals surface area contributed by atoms with E-state index in [-0.39, 0.29) is 18.8 Å². The lowest BCUT2D eigenvalue weighted by Gasteiger charge is -2.15. The lowest BCUT2D eigenvalue weighted by atomic mass is 10.0. The van der Waals surface area contributed by atoms with E-state index in [1.54, 1.807) is 29.7 Å². The molecule has 0 aliphatic carbocycles. The first-order valence-corrected chi connectivity index (χ1v) is 14.7. The predicted octanol–water partition coefficient (Wildman–Crippen LogP) is 6.15. The second kappa shape index (κ2) is 11.6. The molecule has 5 aromatic heterocycles. The van der Waals surface area contributed by atoms with Crippen LogP contribution in [0.3, 0.4) is 0 Å². The summed E-state index contributed by atoms with van der Waals surface area (Å²) in [7, 11) is 3.91. The number of fused-ring (bicyclic) bond motifs is 2. The van der Waals surface area contributed by atoms with Gasteiger partial charge in [-0.25, -0.2) is 18.2 Å². The average molecular weight is 613 g/mol. The molecule has 2 N–H and O–H groups in total. The van der Waals surface area contributed by atoms with Gasteiger partial charge in [-0.1, -0.05) is 0 Å². The van der Waals surface area contributed by atoms with Crippen molar-refractivity contribution in [2.24, 2.45) is 0 Å². The SMILES string of the molecule is CN(C)CCOc1cc(F)cc(-c2ccnc3[nH]c(-c4n[nH]c5cnc(-c6cncc(CN7CCC(F)(F)C7)c6)cc45)cc23)c1. The molecule has 7 rings (SSSR count). The highest BCUT2D eigenvalue weighted by molar-refractivity contribution is 6.00. The Labute approximate surface area is 257 Å². The molecule has 1 aliphatic rings. The first-order valence-electron chi connectivity index (χ1n) is 14.7. The third-order valence-electron chi connectivity index (χ3n) is 7.97. The molecule has 0 atom stereocenters. The lowest BCUT2D eigenvalue weighted by Crippen LogP contribution is -2.24. The standard InChI is InChI=1S/C33H31F3N8O/c1-43(2)7-8-45-24-11-21(10-23(34)12-24)25-3-5-38-32-26(25)13-29(40-32)31-27-14-28(39-17-30(27)41-42-31)22-9-20(15-37-16-22)18-44-6-4-33(35,36)19-44/h3,5,9-17H,4,6-8,18-19H2,1-2H3,(H,38,40)(H,41,42). The summed E-state index contributed by atoms with van der Waals surface area (Å²) < 4.78 is 47.9. The van der Waals surface area contributed by atoms with E-state index < -0.39 is 5.92 Å². The Kier molecular flexibility index (Phi) is 7.46. The van der Waals surface area contributed by atoms with Crippen LogP contribution in [0.4, 0.5) is 13.2 Å². The largest absolute Gasteiger partial charge is 0.492 e. The van der Waals surface area contributed by atoms with Crippen molar-refractivity contribution in [1.29, 1.82) is 0 Å². The first-order chi connectivity index (χ1) is 21.7. The number of aromatic amines is 2. The van der Waals surface area contributed by atoms with Crippen LogP contribution in [0.2, 0.25) is 0 Å². The number of H-pyrrole nitrogens is 2. The van der Waals surface area contributed by atoms with Crippen molar-refractivity contribution in [3.63, 3.8) is 0 Å². The Bertz CT molecular complexity index is 2000. The molecule has 1 fully saturated rings. The van der Waals surface area contributed by atoms with E-state index in [1.807, 2.05) is 49.3 Å². The average Bonchev–Trinajstić information content (AvgIpc) is 3.72. The number of halogens is 3. The Morgan fingerprint density at radius 2 is 1.89 bits per heavy atom. The molecule has 6 aromatic rings. The quantitative estimate of drug-likeness (QED) is 0.202. The number of likely N-dealkylation sites (tertiary alicyclic amines) is 1. The highest BCUT2D eigenvalue weighted by Crippen LogP contribution is 2.36. The van der Waals surface area contributed by atoms with Crippen LogP contribution in [0, 0.1) is 5.82 Å². The molecule has 0 spiro atoms. The summed E-state index contributed by atoms with van der Waals surface area (Å²) in [5.74, 6) is -2.57. The van der Waals surface area contributed by atoms with Crippen LogP contribution in [-0.4, -0.2) is 86.2 Å². The van der Waals surface area contributed by atoms with Crippen molar-refractivity contribution < 1.29 is 17.9 Å². The molecule has 0 bridgehead atoms. The van der Waals surface area contributed by atoms with Crippen LogP contribution in [0.5, 0.6) is 5.75 Å². The highest BCUT2D eigenvalue weighted by Gasteiger charge is 2.37. The van der Waals surface area contributed by atoms with Gasteiger partial charge in [0.15, 0.2) is 0 Å². The minimum absolute atomic E-state index is 0.124. The van der Waals surface area contributed by atoms with Crippen molar-refractivity contribution in [2.45, 2.75) is 18.9 Å². The number of pyridine rings is 3. The van der Waals surface area contributed by atoms with Crippen molar-refractivity contribution in [3.8, 4) is 39.5 Å². The number of hydrogen-bond acceptors (Lipinski definition) is 7. The number of likely N-dealkylation sites (N-methyl/N-ethyl adjacent to an activating group) is 1. The molecule has 0 unspecified atom stereocenters. The number of hydrogen-bond donors (Lipinski definition) is 2. The number of aromatic nitrogens is 6. The van der Waals surface area contributed by atoms with Crippen LogP contribution >= 0.6 is 0 Å². The van der Waals surface area contributed by atoms with Gasteiger partial charge in [-0.3, -0.25) is 20.0 Å². The van der Waals surface area contributed by atoms with E-state index in [0.717, 1.165) is 38.7 Å². The Balaban J connectivity index is 1.20. The van der Waals surface area contributed by atoms with Gasteiger partial charge >= 0.3 is 0 Å². The summed E-state index contributed by atoms with van der Waals surface area (Å²) in [6.07, 6.45) is 6.69. The maximum Gasteiger partial charge on any atom is 0.261 e. The third kappa shape index (κ3) is 6.11. The van der Waals surface area contributed by atoms with E-state index in [1.165, 1.54) is 12.1 Å². The summed E-state index contributed by atoms with van der Waals surface area (Å²) in [6, 6.07) is 12.4. The Morgan fingerprint density at radius 1 is 1.00 bits per heavy atom. The zero-order valence-electron chi connectivity index (χ0n) is 24.8. The molecule has 45 heavy (non-hydrogen) atoms. The van der Waals surface area contributed by atoms with Crippen LogP contribution in [0.15, 0.2) is 67.3 Å². The number of nitrogens with one attached hydrogen (secondary N) is 2. The van der Waals surface area contributed by atoms with Gasteiger partial charge in [0.2, 0.25) is 0 Å². The molecule has 230 valence electrons. The molecule has 1 aromatic carbocycles. The van der Waals surface area contributed by atoms with Gasteiger partial charge in [-0.15, -0.1) is 0 Å². The summed E-state index contributed by atoms with van der Waals surface area (Å²) in [5, 5.41) is 9.27.